The molecule has 0 bridgehead atoms. The lowest BCUT2D eigenvalue weighted by Gasteiger charge is -1.98. The number of phenolic OH excluding ortho intramolecular Hbond substituents is 2. The minimum absolute atomic E-state index is 0.128. The molecule has 0 spiro atoms. The average molecular weight is 339 g/mol. The van der Waals surface area contributed by atoms with E-state index in [-0.39, 0.29) is 11.5 Å². The highest BCUT2D eigenvalue weighted by Crippen LogP contribution is 2.24. The van der Waals surface area contributed by atoms with Gasteiger partial charge < -0.3 is 10.2 Å². The van der Waals surface area contributed by atoms with Crippen LogP contribution < -0.4 is 0 Å². The summed E-state index contributed by atoms with van der Waals surface area (Å²) in [6.07, 6.45) is 1.64. The lowest BCUT2D eigenvalue weighted by molar-refractivity contribution is 0.403. The first-order valence-electron chi connectivity index (χ1n) is 4.97. The van der Waals surface area contributed by atoms with E-state index < -0.39 is 0 Å². The molecular formula is C13H10INO2. The van der Waals surface area contributed by atoms with E-state index in [2.05, 4.69) is 27.6 Å². The maximum absolute atomic E-state index is 9.32. The fourth-order valence-electron chi connectivity index (χ4n) is 1.30. The van der Waals surface area contributed by atoms with Crippen molar-refractivity contribution in [3.05, 3.63) is 51.6 Å². The number of aliphatic imine (C=N–C) groups is 1. The van der Waals surface area contributed by atoms with Gasteiger partial charge in [0.15, 0.2) is 11.5 Å². The largest absolute Gasteiger partial charge is 0.504 e. The summed E-state index contributed by atoms with van der Waals surface area (Å²) >= 11 is 2.23. The Kier molecular flexibility index (Phi) is 3.63. The van der Waals surface area contributed by atoms with Gasteiger partial charge in [0.2, 0.25) is 0 Å². The van der Waals surface area contributed by atoms with Crippen LogP contribution in [0.15, 0.2) is 47.5 Å². The summed E-state index contributed by atoms with van der Waals surface area (Å²) in [5, 5.41) is 18.5. The molecule has 0 unspecified atom stereocenters. The minimum Gasteiger partial charge on any atom is -0.504 e. The van der Waals surface area contributed by atoms with E-state index >= 15 is 0 Å². The van der Waals surface area contributed by atoms with Crippen molar-refractivity contribution in [3.8, 4) is 11.5 Å². The van der Waals surface area contributed by atoms with E-state index in [4.69, 9.17) is 5.11 Å². The molecule has 0 saturated heterocycles. The minimum atomic E-state index is -0.142. The molecule has 0 fully saturated rings. The van der Waals surface area contributed by atoms with Gasteiger partial charge in [0, 0.05) is 9.78 Å². The van der Waals surface area contributed by atoms with Crippen molar-refractivity contribution in [2.45, 2.75) is 0 Å². The predicted octanol–water partition coefficient (Wildman–Crippen LogP) is 3.45. The third-order valence-electron chi connectivity index (χ3n) is 2.19. The van der Waals surface area contributed by atoms with Gasteiger partial charge in [-0.1, -0.05) is 0 Å². The van der Waals surface area contributed by atoms with Crippen molar-refractivity contribution in [2.24, 2.45) is 4.99 Å². The normalized spacial score (nSPS) is 10.9. The number of aromatic hydroxyl groups is 2. The number of halogens is 1. The maximum atomic E-state index is 9.32. The Labute approximate surface area is 113 Å². The van der Waals surface area contributed by atoms with Crippen molar-refractivity contribution >= 4 is 34.5 Å². The van der Waals surface area contributed by atoms with E-state index in [1.807, 2.05) is 24.3 Å². The zero-order valence-electron chi connectivity index (χ0n) is 8.84. The molecule has 0 radical (unpaired) electrons. The molecule has 3 nitrogen and oxygen atoms in total. The third-order valence-corrected chi connectivity index (χ3v) is 2.91. The Morgan fingerprint density at radius 1 is 0.941 bits per heavy atom. The average Bonchev–Trinajstić information content (AvgIpc) is 2.33. The highest BCUT2D eigenvalue weighted by Gasteiger charge is 1.98. The molecule has 2 rings (SSSR count). The van der Waals surface area contributed by atoms with Gasteiger partial charge in [0.1, 0.15) is 0 Å². The van der Waals surface area contributed by atoms with Crippen LogP contribution in [-0.2, 0) is 0 Å². The van der Waals surface area contributed by atoms with E-state index in [1.165, 1.54) is 12.1 Å². The number of hydrogen-bond acceptors (Lipinski definition) is 3. The quantitative estimate of drug-likeness (QED) is 0.500. The van der Waals surface area contributed by atoms with Gasteiger partial charge in [-0.3, -0.25) is 4.99 Å². The number of phenols is 2. The molecule has 0 atom stereocenters. The topological polar surface area (TPSA) is 52.8 Å². The summed E-state index contributed by atoms with van der Waals surface area (Å²) in [6, 6.07) is 12.4. The van der Waals surface area contributed by atoms with Crippen molar-refractivity contribution in [2.75, 3.05) is 0 Å². The van der Waals surface area contributed by atoms with Crippen LogP contribution in [0.1, 0.15) is 5.56 Å². The van der Waals surface area contributed by atoms with Crippen LogP contribution in [0.4, 0.5) is 5.69 Å². The summed E-state index contributed by atoms with van der Waals surface area (Å²) in [6.45, 7) is 0. The van der Waals surface area contributed by atoms with Crippen LogP contribution in [0, 0.1) is 3.57 Å². The third kappa shape index (κ3) is 3.20. The van der Waals surface area contributed by atoms with Crippen LogP contribution in [0.25, 0.3) is 0 Å². The molecule has 0 aliphatic rings. The fourth-order valence-corrected chi connectivity index (χ4v) is 1.66. The zero-order valence-corrected chi connectivity index (χ0v) is 11.0. The van der Waals surface area contributed by atoms with Crippen molar-refractivity contribution < 1.29 is 10.2 Å². The van der Waals surface area contributed by atoms with Crippen molar-refractivity contribution in [1.82, 2.24) is 0 Å². The van der Waals surface area contributed by atoms with Crippen molar-refractivity contribution in [3.63, 3.8) is 0 Å². The maximum Gasteiger partial charge on any atom is 0.158 e. The van der Waals surface area contributed by atoms with E-state index in [9.17, 15) is 5.11 Å². The van der Waals surface area contributed by atoms with Gasteiger partial charge in [-0.2, -0.15) is 0 Å². The van der Waals surface area contributed by atoms with Gasteiger partial charge >= 0.3 is 0 Å². The Bertz CT molecular complexity index is 550. The first-order valence-corrected chi connectivity index (χ1v) is 6.04. The van der Waals surface area contributed by atoms with E-state index in [1.54, 1.807) is 12.3 Å². The number of rotatable bonds is 2. The molecule has 17 heavy (non-hydrogen) atoms. The van der Waals surface area contributed by atoms with Crippen LogP contribution in [0.3, 0.4) is 0 Å². The van der Waals surface area contributed by atoms with Crippen LogP contribution in [-0.4, -0.2) is 16.4 Å². The van der Waals surface area contributed by atoms with Gasteiger partial charge in [-0.15, -0.1) is 0 Å². The van der Waals surface area contributed by atoms with Gasteiger partial charge in [-0.05, 0) is 70.6 Å². The van der Waals surface area contributed by atoms with Gasteiger partial charge in [0.05, 0.1) is 5.69 Å². The highest BCUT2D eigenvalue weighted by atomic mass is 127. The second kappa shape index (κ2) is 5.18. The molecule has 0 heterocycles. The van der Waals surface area contributed by atoms with Crippen LogP contribution >= 0.6 is 22.6 Å². The first-order chi connectivity index (χ1) is 8.15. The Morgan fingerprint density at radius 3 is 2.29 bits per heavy atom. The van der Waals surface area contributed by atoms with Gasteiger partial charge in [-0.25, -0.2) is 0 Å². The molecule has 2 aromatic carbocycles. The second-order valence-electron chi connectivity index (χ2n) is 3.48. The summed E-state index contributed by atoms with van der Waals surface area (Å²) in [7, 11) is 0. The second-order valence-corrected chi connectivity index (χ2v) is 4.73. The fraction of sp³-hybridized carbons (Fsp3) is 0. The predicted molar refractivity (Wildman–Crippen MR) is 76.2 cm³/mol. The molecule has 0 aliphatic heterocycles. The molecule has 0 amide bonds. The number of benzene rings is 2. The lowest BCUT2D eigenvalue weighted by atomic mass is 10.2. The smallest absolute Gasteiger partial charge is 0.158 e. The van der Waals surface area contributed by atoms with Crippen LogP contribution in [0.5, 0.6) is 11.5 Å². The van der Waals surface area contributed by atoms with E-state index in [0.717, 1.165) is 14.8 Å². The SMILES string of the molecule is Oc1ccc(/C=N/c2ccc(I)cc2)cc1O. The zero-order chi connectivity index (χ0) is 12.3. The molecule has 4 heteroatoms. The summed E-state index contributed by atoms with van der Waals surface area (Å²) < 4.78 is 1.16. The summed E-state index contributed by atoms with van der Waals surface area (Å²) in [5.74, 6) is -0.270. The number of nitrogens with zero attached hydrogens (tertiary/aromatic N) is 1. The monoisotopic (exact) mass is 339 g/mol. The standard InChI is InChI=1S/C13H10INO2/c14-10-2-4-11(5-3-10)15-8-9-1-6-12(16)13(17)7-9/h1-8,16-17H/b15-8+. The lowest BCUT2D eigenvalue weighted by Crippen LogP contribution is -1.80. The van der Waals surface area contributed by atoms with Crippen molar-refractivity contribution in [1.29, 1.82) is 0 Å². The Hall–Kier alpha value is -1.56. The Morgan fingerprint density at radius 2 is 1.65 bits per heavy atom. The molecule has 0 saturated carbocycles. The van der Waals surface area contributed by atoms with E-state index in [0.29, 0.717) is 0 Å². The summed E-state index contributed by atoms with van der Waals surface area (Å²) in [4.78, 5) is 4.27. The Balaban J connectivity index is 2.20. The molecule has 2 aromatic rings. The van der Waals surface area contributed by atoms with Gasteiger partial charge in [0.25, 0.3) is 0 Å². The molecule has 0 aromatic heterocycles. The first kappa shape index (κ1) is 11.9. The number of hydrogen-bond donors (Lipinski definition) is 2. The molecular weight excluding hydrogens is 329 g/mol. The molecule has 0 aliphatic carbocycles. The molecule has 2 N–H and O–H groups in total. The summed E-state index contributed by atoms with van der Waals surface area (Å²) in [5.41, 5.74) is 1.58. The highest BCUT2D eigenvalue weighted by molar-refractivity contribution is 14.1. The molecule has 86 valence electrons. The van der Waals surface area contributed by atoms with Crippen LogP contribution in [0.2, 0.25) is 0 Å².